The third-order valence-electron chi connectivity index (χ3n) is 4.21. The third kappa shape index (κ3) is 3.44. The van der Waals surface area contributed by atoms with E-state index in [-0.39, 0.29) is 11.9 Å². The van der Waals surface area contributed by atoms with Crippen LogP contribution in [0.3, 0.4) is 0 Å². The van der Waals surface area contributed by atoms with E-state index in [0.717, 1.165) is 38.8 Å². The Morgan fingerprint density at radius 2 is 2.24 bits per heavy atom. The summed E-state index contributed by atoms with van der Waals surface area (Å²) < 4.78 is 1.33. The predicted molar refractivity (Wildman–Crippen MR) is 88.6 cm³/mol. The molecule has 1 amide bonds. The highest BCUT2D eigenvalue weighted by Gasteiger charge is 2.20. The summed E-state index contributed by atoms with van der Waals surface area (Å²) in [5.74, 6) is 0.268. The van der Waals surface area contributed by atoms with E-state index in [2.05, 4.69) is 29.6 Å². The molecule has 21 heavy (non-hydrogen) atoms. The fourth-order valence-corrected chi connectivity index (χ4v) is 4.05. The Hall–Kier alpha value is -1.39. The van der Waals surface area contributed by atoms with E-state index in [1.807, 2.05) is 4.90 Å². The van der Waals surface area contributed by atoms with Crippen LogP contribution in [0.1, 0.15) is 31.2 Å². The fraction of sp³-hybridized carbons (Fsp3) is 0.471. The average Bonchev–Trinajstić information content (AvgIpc) is 2.91. The van der Waals surface area contributed by atoms with Crippen LogP contribution in [0.15, 0.2) is 29.6 Å². The zero-order chi connectivity index (χ0) is 14.7. The Morgan fingerprint density at radius 1 is 1.38 bits per heavy atom. The number of rotatable bonds is 4. The van der Waals surface area contributed by atoms with Crippen molar-refractivity contribution in [1.82, 2.24) is 4.90 Å². The lowest BCUT2D eigenvalue weighted by molar-refractivity contribution is -0.132. The van der Waals surface area contributed by atoms with Crippen LogP contribution in [0.4, 0.5) is 0 Å². The molecule has 1 atom stereocenters. The first-order chi connectivity index (χ1) is 10.2. The maximum Gasteiger partial charge on any atom is 0.222 e. The molecule has 1 saturated heterocycles. The molecule has 0 bridgehead atoms. The van der Waals surface area contributed by atoms with Crippen molar-refractivity contribution >= 4 is 27.3 Å². The van der Waals surface area contributed by atoms with Crippen LogP contribution >= 0.6 is 11.3 Å². The highest BCUT2D eigenvalue weighted by atomic mass is 32.1. The summed E-state index contributed by atoms with van der Waals surface area (Å²) in [6.45, 7) is 1.62. The van der Waals surface area contributed by atoms with Gasteiger partial charge in [-0.15, -0.1) is 11.3 Å². The first-order valence-corrected chi connectivity index (χ1v) is 8.60. The van der Waals surface area contributed by atoms with Crippen LogP contribution in [0.25, 0.3) is 10.1 Å². The molecule has 112 valence electrons. The summed E-state index contributed by atoms with van der Waals surface area (Å²) in [7, 11) is 0. The number of aryl methyl sites for hydroxylation is 1. The minimum atomic E-state index is 0.170. The molecular formula is C17H22N2OS. The first kappa shape index (κ1) is 14.5. The number of nitrogens with zero attached hydrogens (tertiary/aromatic N) is 1. The predicted octanol–water partition coefficient (Wildman–Crippen LogP) is 3.17. The molecule has 0 spiro atoms. The Labute approximate surface area is 129 Å². The van der Waals surface area contributed by atoms with Crippen molar-refractivity contribution in [2.45, 2.75) is 38.1 Å². The van der Waals surface area contributed by atoms with Crippen molar-refractivity contribution in [3.63, 3.8) is 0 Å². The van der Waals surface area contributed by atoms with Crippen molar-refractivity contribution in [3.8, 4) is 0 Å². The molecule has 3 nitrogen and oxygen atoms in total. The van der Waals surface area contributed by atoms with E-state index in [0.29, 0.717) is 6.42 Å². The number of benzene rings is 1. The molecule has 3 rings (SSSR count). The van der Waals surface area contributed by atoms with Gasteiger partial charge in [-0.1, -0.05) is 18.2 Å². The van der Waals surface area contributed by atoms with Gasteiger partial charge < -0.3 is 10.6 Å². The summed E-state index contributed by atoms with van der Waals surface area (Å²) in [4.78, 5) is 14.2. The minimum absolute atomic E-state index is 0.170. The summed E-state index contributed by atoms with van der Waals surface area (Å²) in [5, 5.41) is 3.57. The third-order valence-corrected chi connectivity index (χ3v) is 5.22. The average molecular weight is 302 g/mol. The van der Waals surface area contributed by atoms with Crippen LogP contribution in [0.5, 0.6) is 0 Å². The summed E-state index contributed by atoms with van der Waals surface area (Å²) in [5.41, 5.74) is 7.31. The number of piperidine rings is 1. The highest BCUT2D eigenvalue weighted by Crippen LogP contribution is 2.26. The van der Waals surface area contributed by atoms with Gasteiger partial charge in [-0.05, 0) is 48.1 Å². The lowest BCUT2D eigenvalue weighted by atomic mass is 10.0. The number of carbonyl (C=O) groups is 1. The minimum Gasteiger partial charge on any atom is -0.341 e. The lowest BCUT2D eigenvalue weighted by Gasteiger charge is -2.30. The van der Waals surface area contributed by atoms with Crippen LogP contribution in [0, 0.1) is 0 Å². The SMILES string of the molecule is NC1CCCN(C(=O)CCCc2csc3ccccc23)C1. The van der Waals surface area contributed by atoms with Crippen LogP contribution in [0.2, 0.25) is 0 Å². The number of amides is 1. The molecule has 1 aliphatic heterocycles. The molecular weight excluding hydrogens is 280 g/mol. The van der Waals surface area contributed by atoms with Gasteiger partial charge in [0.1, 0.15) is 0 Å². The van der Waals surface area contributed by atoms with Crippen molar-refractivity contribution < 1.29 is 4.79 Å². The molecule has 1 aromatic carbocycles. The van der Waals surface area contributed by atoms with Gasteiger partial charge in [-0.25, -0.2) is 0 Å². The summed E-state index contributed by atoms with van der Waals surface area (Å²) in [6, 6.07) is 8.66. The van der Waals surface area contributed by atoms with Gasteiger partial charge in [0.05, 0.1) is 0 Å². The van der Waals surface area contributed by atoms with E-state index < -0.39 is 0 Å². The lowest BCUT2D eigenvalue weighted by Crippen LogP contribution is -2.45. The summed E-state index contributed by atoms with van der Waals surface area (Å²) in [6.07, 6.45) is 4.63. The second-order valence-corrected chi connectivity index (χ2v) is 6.76. The number of likely N-dealkylation sites (tertiary alicyclic amines) is 1. The zero-order valence-electron chi connectivity index (χ0n) is 12.3. The molecule has 1 aromatic heterocycles. The van der Waals surface area contributed by atoms with Crippen molar-refractivity contribution in [3.05, 3.63) is 35.2 Å². The maximum absolute atomic E-state index is 12.2. The van der Waals surface area contributed by atoms with E-state index in [4.69, 9.17) is 5.73 Å². The van der Waals surface area contributed by atoms with Gasteiger partial charge in [0.15, 0.2) is 0 Å². The zero-order valence-corrected chi connectivity index (χ0v) is 13.1. The molecule has 0 aliphatic carbocycles. The smallest absolute Gasteiger partial charge is 0.222 e. The van der Waals surface area contributed by atoms with Crippen LogP contribution < -0.4 is 5.73 Å². The van der Waals surface area contributed by atoms with E-state index >= 15 is 0 Å². The maximum atomic E-state index is 12.2. The molecule has 2 heterocycles. The molecule has 0 radical (unpaired) electrons. The quantitative estimate of drug-likeness (QED) is 0.943. The number of hydrogen-bond acceptors (Lipinski definition) is 3. The van der Waals surface area contributed by atoms with Crippen molar-refractivity contribution in [2.75, 3.05) is 13.1 Å². The molecule has 0 saturated carbocycles. The topological polar surface area (TPSA) is 46.3 Å². The summed E-state index contributed by atoms with van der Waals surface area (Å²) >= 11 is 1.79. The first-order valence-electron chi connectivity index (χ1n) is 7.72. The van der Waals surface area contributed by atoms with E-state index in [1.54, 1.807) is 11.3 Å². The van der Waals surface area contributed by atoms with Gasteiger partial charge in [0.25, 0.3) is 0 Å². The molecule has 1 aliphatic rings. The number of fused-ring (bicyclic) bond motifs is 1. The molecule has 1 unspecified atom stereocenters. The second-order valence-electron chi connectivity index (χ2n) is 5.85. The Morgan fingerprint density at radius 3 is 3.10 bits per heavy atom. The fourth-order valence-electron chi connectivity index (χ4n) is 3.05. The van der Waals surface area contributed by atoms with E-state index in [9.17, 15) is 4.79 Å². The molecule has 2 aromatic rings. The Balaban J connectivity index is 1.52. The van der Waals surface area contributed by atoms with Gasteiger partial charge in [-0.3, -0.25) is 4.79 Å². The van der Waals surface area contributed by atoms with Crippen LogP contribution in [-0.2, 0) is 11.2 Å². The number of carbonyl (C=O) groups excluding carboxylic acids is 1. The Bertz CT molecular complexity index is 622. The van der Waals surface area contributed by atoms with Crippen LogP contribution in [-0.4, -0.2) is 29.9 Å². The number of thiophene rings is 1. The van der Waals surface area contributed by atoms with E-state index in [1.165, 1.54) is 15.6 Å². The van der Waals surface area contributed by atoms with Gasteiger partial charge in [-0.2, -0.15) is 0 Å². The molecule has 1 fully saturated rings. The monoisotopic (exact) mass is 302 g/mol. The highest BCUT2D eigenvalue weighted by molar-refractivity contribution is 7.17. The van der Waals surface area contributed by atoms with Gasteiger partial charge >= 0.3 is 0 Å². The van der Waals surface area contributed by atoms with Crippen molar-refractivity contribution in [1.29, 1.82) is 0 Å². The number of hydrogen-bond donors (Lipinski definition) is 1. The standard InChI is InChI=1S/C17H22N2OS/c18-14-6-4-10-19(11-14)17(20)9-3-5-13-12-21-16-8-2-1-7-15(13)16/h1-2,7-8,12,14H,3-6,9-11,18H2. The van der Waals surface area contributed by atoms with Gasteiger partial charge in [0, 0.05) is 30.3 Å². The number of nitrogens with two attached hydrogens (primary N) is 1. The Kier molecular flexibility index (Phi) is 4.56. The van der Waals surface area contributed by atoms with Gasteiger partial charge in [0.2, 0.25) is 5.91 Å². The molecule has 2 N–H and O–H groups in total. The normalized spacial score (nSPS) is 19.1. The largest absolute Gasteiger partial charge is 0.341 e. The molecule has 4 heteroatoms. The second kappa shape index (κ2) is 6.58. The van der Waals surface area contributed by atoms with Crippen molar-refractivity contribution in [2.24, 2.45) is 5.73 Å².